The van der Waals surface area contributed by atoms with Crippen LogP contribution in [-0.2, 0) is 20.1 Å². The van der Waals surface area contributed by atoms with E-state index in [0.717, 1.165) is 11.1 Å². The van der Waals surface area contributed by atoms with Crippen molar-refractivity contribution >= 4 is 34.4 Å². The summed E-state index contributed by atoms with van der Waals surface area (Å²) in [5.74, 6) is 0.479. The van der Waals surface area contributed by atoms with E-state index in [2.05, 4.69) is 4.98 Å². The lowest BCUT2D eigenvalue weighted by molar-refractivity contribution is 0.421. The zero-order valence-corrected chi connectivity index (χ0v) is 19.4. The summed E-state index contributed by atoms with van der Waals surface area (Å²) >= 11 is 12.3. The molecule has 4 aromatic rings. The van der Waals surface area contributed by atoms with Gasteiger partial charge in [0.15, 0.2) is 11.2 Å². The van der Waals surface area contributed by atoms with E-state index >= 15 is 0 Å². The summed E-state index contributed by atoms with van der Waals surface area (Å²) in [6, 6.07) is 12.8. The molecule has 4 rings (SSSR count). The second kappa shape index (κ2) is 8.84. The maximum Gasteiger partial charge on any atom is 0.332 e. The van der Waals surface area contributed by atoms with Crippen molar-refractivity contribution in [1.29, 1.82) is 0 Å². The third kappa shape index (κ3) is 4.06. The molecule has 0 aliphatic rings. The van der Waals surface area contributed by atoms with Gasteiger partial charge in [0.25, 0.3) is 5.56 Å². The molecule has 166 valence electrons. The molecule has 0 aliphatic carbocycles. The van der Waals surface area contributed by atoms with Gasteiger partial charge < -0.3 is 4.74 Å². The fourth-order valence-corrected chi connectivity index (χ4v) is 3.81. The molecular weight excluding hydrogens is 451 g/mol. The number of halogens is 2. The van der Waals surface area contributed by atoms with Gasteiger partial charge in [-0.2, -0.15) is 4.98 Å². The Hall–Kier alpha value is -3.03. The molecule has 0 saturated heterocycles. The van der Waals surface area contributed by atoms with Crippen LogP contribution in [0.3, 0.4) is 0 Å². The molecule has 2 heterocycles. The van der Waals surface area contributed by atoms with E-state index < -0.39 is 11.2 Å². The Kier molecular flexibility index (Phi) is 6.13. The summed E-state index contributed by atoms with van der Waals surface area (Å²) in [4.78, 5) is 30.6. The van der Waals surface area contributed by atoms with Crippen molar-refractivity contribution in [2.24, 2.45) is 7.05 Å². The minimum atomic E-state index is -0.412. The smallest absolute Gasteiger partial charge is 0.332 e. The average molecular weight is 473 g/mol. The fourth-order valence-electron chi connectivity index (χ4n) is 3.51. The van der Waals surface area contributed by atoms with Crippen LogP contribution in [0, 0.1) is 6.92 Å². The largest absolute Gasteiger partial charge is 0.425 e. The Morgan fingerprint density at radius 1 is 1.03 bits per heavy atom. The monoisotopic (exact) mass is 472 g/mol. The summed E-state index contributed by atoms with van der Waals surface area (Å²) in [6.07, 6.45) is 0.650. The van der Waals surface area contributed by atoms with E-state index in [-0.39, 0.29) is 11.7 Å². The van der Waals surface area contributed by atoms with E-state index in [0.29, 0.717) is 40.8 Å². The highest BCUT2D eigenvalue weighted by molar-refractivity contribution is 6.31. The van der Waals surface area contributed by atoms with Gasteiger partial charge >= 0.3 is 11.7 Å². The van der Waals surface area contributed by atoms with Crippen LogP contribution in [0.15, 0.2) is 52.1 Å². The molecule has 0 fully saturated rings. The fraction of sp³-hybridized carbons (Fsp3) is 0.261. The van der Waals surface area contributed by atoms with Crippen LogP contribution in [0.2, 0.25) is 10.0 Å². The predicted molar refractivity (Wildman–Crippen MR) is 126 cm³/mol. The molecule has 0 atom stereocenters. The lowest BCUT2D eigenvalue weighted by Gasteiger charge is -2.11. The van der Waals surface area contributed by atoms with E-state index in [1.807, 2.05) is 32.0 Å². The molecule has 2 aromatic carbocycles. The zero-order chi connectivity index (χ0) is 23.0. The van der Waals surface area contributed by atoms with Crippen LogP contribution < -0.4 is 16.0 Å². The van der Waals surface area contributed by atoms with Gasteiger partial charge in [-0.1, -0.05) is 48.3 Å². The van der Waals surface area contributed by atoms with Crippen molar-refractivity contribution in [2.75, 3.05) is 0 Å². The normalized spacial score (nSPS) is 11.3. The van der Waals surface area contributed by atoms with Gasteiger partial charge in [-0.25, -0.2) is 4.79 Å². The minimum absolute atomic E-state index is 0.191. The molecule has 0 aliphatic heterocycles. The third-order valence-corrected chi connectivity index (χ3v) is 5.91. The molecule has 0 unspecified atom stereocenters. The van der Waals surface area contributed by atoms with Crippen molar-refractivity contribution in [3.8, 4) is 11.8 Å². The quantitative estimate of drug-likeness (QED) is 0.405. The Morgan fingerprint density at radius 2 is 1.75 bits per heavy atom. The van der Waals surface area contributed by atoms with Gasteiger partial charge in [0.05, 0.1) is 6.54 Å². The highest BCUT2D eigenvalue weighted by atomic mass is 35.5. The number of benzene rings is 2. The highest BCUT2D eigenvalue weighted by Crippen LogP contribution is 2.28. The van der Waals surface area contributed by atoms with E-state index in [1.165, 1.54) is 9.13 Å². The van der Waals surface area contributed by atoms with Gasteiger partial charge in [-0.3, -0.25) is 18.5 Å². The molecular formula is C23H22Cl2N4O3. The highest BCUT2D eigenvalue weighted by Gasteiger charge is 2.22. The third-order valence-electron chi connectivity index (χ3n) is 5.25. The van der Waals surface area contributed by atoms with Gasteiger partial charge in [-0.15, -0.1) is 0 Å². The van der Waals surface area contributed by atoms with E-state index in [9.17, 15) is 9.59 Å². The van der Waals surface area contributed by atoms with Gasteiger partial charge in [0, 0.05) is 23.6 Å². The van der Waals surface area contributed by atoms with Crippen molar-refractivity contribution in [1.82, 2.24) is 18.7 Å². The number of fused-ring (bicyclic) bond motifs is 1. The maximum atomic E-state index is 13.3. The molecule has 7 nitrogen and oxygen atoms in total. The number of hydrogen-bond acceptors (Lipinski definition) is 4. The lowest BCUT2D eigenvalue weighted by atomic mass is 10.2. The van der Waals surface area contributed by atoms with Gasteiger partial charge in [-0.05, 0) is 48.7 Å². The average Bonchev–Trinajstić information content (AvgIpc) is 3.12. The lowest BCUT2D eigenvalue weighted by Crippen LogP contribution is -2.39. The minimum Gasteiger partial charge on any atom is -0.425 e. The SMILES string of the molecule is CCCn1c(=O)c2c(nc(Oc3ccc(C)c(Cl)c3)n2Cc2ccc(Cl)cc2)n(C)c1=O. The summed E-state index contributed by atoms with van der Waals surface area (Å²) < 4.78 is 10.3. The molecule has 0 bridgehead atoms. The number of ether oxygens (including phenoxy) is 1. The summed E-state index contributed by atoms with van der Waals surface area (Å²) in [6.45, 7) is 4.43. The van der Waals surface area contributed by atoms with Crippen molar-refractivity contribution in [3.05, 3.63) is 84.5 Å². The van der Waals surface area contributed by atoms with Crippen molar-refractivity contribution in [2.45, 2.75) is 33.4 Å². The Morgan fingerprint density at radius 3 is 2.41 bits per heavy atom. The summed E-state index contributed by atoms with van der Waals surface area (Å²) in [5, 5.41) is 1.17. The van der Waals surface area contributed by atoms with Crippen molar-refractivity contribution < 1.29 is 4.74 Å². The second-order valence-corrected chi connectivity index (χ2v) is 8.43. The molecule has 0 saturated carbocycles. The van der Waals surface area contributed by atoms with E-state index in [4.69, 9.17) is 27.9 Å². The summed E-state index contributed by atoms with van der Waals surface area (Å²) in [5.41, 5.74) is 1.56. The number of rotatable bonds is 6. The molecule has 9 heteroatoms. The van der Waals surface area contributed by atoms with Crippen LogP contribution in [-0.4, -0.2) is 18.7 Å². The first-order chi connectivity index (χ1) is 15.3. The number of aryl methyl sites for hydroxylation is 2. The van der Waals surface area contributed by atoms with E-state index in [1.54, 1.807) is 35.9 Å². The van der Waals surface area contributed by atoms with Crippen molar-refractivity contribution in [3.63, 3.8) is 0 Å². The predicted octanol–water partition coefficient (Wildman–Crippen LogP) is 4.76. The first-order valence-corrected chi connectivity index (χ1v) is 10.9. The molecule has 0 spiro atoms. The molecule has 32 heavy (non-hydrogen) atoms. The Balaban J connectivity index is 1.94. The number of nitrogens with zero attached hydrogens (tertiary/aromatic N) is 4. The summed E-state index contributed by atoms with van der Waals surface area (Å²) in [7, 11) is 1.60. The van der Waals surface area contributed by atoms with Crippen LogP contribution in [0.4, 0.5) is 0 Å². The van der Waals surface area contributed by atoms with Crippen LogP contribution >= 0.6 is 23.2 Å². The molecule has 0 amide bonds. The van der Waals surface area contributed by atoms with Gasteiger partial charge in [0.2, 0.25) is 0 Å². The first kappa shape index (κ1) is 22.2. The Labute approximate surface area is 194 Å². The molecule has 2 aromatic heterocycles. The van der Waals surface area contributed by atoms with Crippen LogP contribution in [0.25, 0.3) is 11.2 Å². The number of imidazole rings is 1. The van der Waals surface area contributed by atoms with Crippen LogP contribution in [0.1, 0.15) is 24.5 Å². The standard InChI is InChI=1S/C23H22Cl2N4O3/c1-4-11-28-21(30)19-20(27(3)23(28)31)26-22(32-17-10-5-14(2)18(25)12-17)29(19)13-15-6-8-16(24)9-7-15/h5-10,12H,4,11,13H2,1-3H3. The molecule has 0 radical (unpaired) electrons. The second-order valence-electron chi connectivity index (χ2n) is 7.59. The first-order valence-electron chi connectivity index (χ1n) is 10.2. The zero-order valence-electron chi connectivity index (χ0n) is 17.9. The number of hydrogen-bond donors (Lipinski definition) is 0. The van der Waals surface area contributed by atoms with Gasteiger partial charge in [0.1, 0.15) is 5.75 Å². The maximum absolute atomic E-state index is 13.3. The Bertz CT molecular complexity index is 1420. The number of aromatic nitrogens is 4. The molecule has 0 N–H and O–H groups in total. The van der Waals surface area contributed by atoms with Crippen LogP contribution in [0.5, 0.6) is 11.8 Å². The topological polar surface area (TPSA) is 71.1 Å².